The van der Waals surface area contributed by atoms with E-state index >= 15 is 0 Å². The zero-order valence-electron chi connectivity index (χ0n) is 12.6. The molecule has 0 atom stereocenters. The maximum absolute atomic E-state index is 11.9. The maximum atomic E-state index is 11.9. The summed E-state index contributed by atoms with van der Waals surface area (Å²) in [4.78, 5) is 28.0. The molecule has 1 fully saturated rings. The van der Waals surface area contributed by atoms with Crippen LogP contribution in [0.4, 0.5) is 0 Å². The lowest BCUT2D eigenvalue weighted by atomic mass is 9.81. The number of esters is 1. The van der Waals surface area contributed by atoms with Crippen molar-refractivity contribution in [1.29, 1.82) is 0 Å². The second-order valence-electron chi connectivity index (χ2n) is 5.21. The topological polar surface area (TPSA) is 85.6 Å². The number of halogens is 1. The van der Waals surface area contributed by atoms with Crippen molar-refractivity contribution in [2.45, 2.75) is 31.6 Å². The molecule has 0 spiro atoms. The first-order chi connectivity index (χ1) is 10.5. The number of hydrogen-bond acceptors (Lipinski definition) is 5. The number of imidazole rings is 1. The molecule has 0 aliphatic heterocycles. The van der Waals surface area contributed by atoms with Gasteiger partial charge in [-0.05, 0) is 41.6 Å². The number of ether oxygens (including phenoxy) is 1. The zero-order valence-corrected chi connectivity index (χ0v) is 14.2. The number of amides is 1. The Morgan fingerprint density at radius 2 is 2.05 bits per heavy atom. The van der Waals surface area contributed by atoms with E-state index in [-0.39, 0.29) is 23.7 Å². The molecule has 1 N–H and O–H groups in total. The Kier molecular flexibility index (Phi) is 5.33. The second kappa shape index (κ2) is 7.04. The van der Waals surface area contributed by atoms with Crippen molar-refractivity contribution in [3.63, 3.8) is 0 Å². The minimum Gasteiger partial charge on any atom is -0.469 e. The summed E-state index contributed by atoms with van der Waals surface area (Å²) in [6.07, 6.45) is 3.08. The fourth-order valence-corrected chi connectivity index (χ4v) is 3.40. The number of rotatable bonds is 4. The minimum atomic E-state index is -0.277. The van der Waals surface area contributed by atoms with Gasteiger partial charge >= 0.3 is 5.97 Å². The number of carbonyl (C=O) groups excluding carboxylic acids is 2. The van der Waals surface area contributed by atoms with E-state index in [1.165, 1.54) is 11.8 Å². The van der Waals surface area contributed by atoms with Crippen molar-refractivity contribution in [2.24, 2.45) is 11.0 Å². The van der Waals surface area contributed by atoms with Crippen LogP contribution in [0.1, 0.15) is 47.9 Å². The zero-order chi connectivity index (χ0) is 16.3. The summed E-state index contributed by atoms with van der Waals surface area (Å²) in [6.45, 7) is 3.53. The summed E-state index contributed by atoms with van der Waals surface area (Å²) in [5, 5.41) is 6.49. The molecule has 1 aliphatic rings. The number of carbonyl (C=O) groups is 2. The lowest BCUT2D eigenvalue weighted by Crippen LogP contribution is -2.24. The molecule has 2 rings (SSSR count). The van der Waals surface area contributed by atoms with Gasteiger partial charge in [0.05, 0.1) is 13.0 Å². The largest absolute Gasteiger partial charge is 0.469 e. The molecule has 1 heterocycles. The lowest BCUT2D eigenvalue weighted by molar-refractivity contribution is -0.146. The molecule has 1 saturated carbocycles. The molecule has 1 amide bonds. The van der Waals surface area contributed by atoms with Crippen molar-refractivity contribution in [3.05, 3.63) is 16.1 Å². The van der Waals surface area contributed by atoms with Crippen LogP contribution >= 0.6 is 15.9 Å². The van der Waals surface area contributed by atoms with Crippen LogP contribution in [0, 0.1) is 5.92 Å². The Morgan fingerprint density at radius 3 is 2.55 bits per heavy atom. The van der Waals surface area contributed by atoms with Gasteiger partial charge in [0.15, 0.2) is 5.69 Å². The summed E-state index contributed by atoms with van der Waals surface area (Å²) in [6, 6.07) is 0. The van der Waals surface area contributed by atoms with Crippen LogP contribution in [0.25, 0.3) is 0 Å². The molecule has 0 bridgehead atoms. The summed E-state index contributed by atoms with van der Waals surface area (Å²) in [5.74, 6) is 0.352. The molecule has 0 aromatic carbocycles. The van der Waals surface area contributed by atoms with Gasteiger partial charge in [0.1, 0.15) is 10.4 Å². The molecule has 1 aliphatic carbocycles. The average molecular weight is 371 g/mol. The Bertz CT molecular complexity index is 591. The van der Waals surface area contributed by atoms with Crippen LogP contribution in [0.3, 0.4) is 0 Å². The molecule has 8 heteroatoms. The molecular weight excluding hydrogens is 352 g/mol. The standard InChI is InChI=1S/C14H19BrN4O3/c1-16-13(20)10-11(15)18-12(19(10)17-2)8-4-6-9(7-5-8)14(21)22-3/h8-9H,2,4-7H2,1,3H3,(H,16,20). The van der Waals surface area contributed by atoms with Crippen molar-refractivity contribution in [3.8, 4) is 0 Å². The van der Waals surface area contributed by atoms with Gasteiger partial charge in [-0.25, -0.2) is 9.66 Å². The SMILES string of the molecule is C=Nn1c(C2CCC(C(=O)OC)CC2)nc(Br)c1C(=O)NC. The third kappa shape index (κ3) is 3.06. The minimum absolute atomic E-state index is 0.0526. The molecule has 120 valence electrons. The van der Waals surface area contributed by atoms with E-state index < -0.39 is 0 Å². The first kappa shape index (κ1) is 16.7. The predicted molar refractivity (Wildman–Crippen MR) is 85.0 cm³/mol. The summed E-state index contributed by atoms with van der Waals surface area (Å²) >= 11 is 3.31. The van der Waals surface area contributed by atoms with Crippen LogP contribution < -0.4 is 5.32 Å². The van der Waals surface area contributed by atoms with Gasteiger partial charge in [-0.3, -0.25) is 9.59 Å². The van der Waals surface area contributed by atoms with E-state index in [1.807, 2.05) is 0 Å². The second-order valence-corrected chi connectivity index (χ2v) is 5.96. The molecule has 1 aromatic rings. The Balaban J connectivity index is 2.22. The van der Waals surface area contributed by atoms with Gasteiger partial charge in [-0.2, -0.15) is 5.10 Å². The number of methoxy groups -OCH3 is 1. The Labute approximate surface area is 137 Å². The van der Waals surface area contributed by atoms with E-state index in [1.54, 1.807) is 7.05 Å². The first-order valence-electron chi connectivity index (χ1n) is 7.08. The smallest absolute Gasteiger partial charge is 0.308 e. The van der Waals surface area contributed by atoms with Gasteiger partial charge in [-0.15, -0.1) is 0 Å². The molecule has 0 radical (unpaired) electrons. The molecule has 0 unspecified atom stereocenters. The summed E-state index contributed by atoms with van der Waals surface area (Å²) < 4.78 is 6.72. The number of nitrogens with zero attached hydrogens (tertiary/aromatic N) is 3. The predicted octanol–water partition coefficient (Wildman–Crippen LogP) is 1.92. The highest BCUT2D eigenvalue weighted by molar-refractivity contribution is 9.10. The summed E-state index contributed by atoms with van der Waals surface area (Å²) in [5.41, 5.74) is 0.336. The van der Waals surface area contributed by atoms with E-state index in [9.17, 15) is 9.59 Å². The number of nitrogens with one attached hydrogen (secondary N) is 1. The lowest BCUT2D eigenvalue weighted by Gasteiger charge is -2.26. The number of hydrogen-bond donors (Lipinski definition) is 1. The van der Waals surface area contributed by atoms with Crippen molar-refractivity contribution >= 4 is 34.5 Å². The summed E-state index contributed by atoms with van der Waals surface area (Å²) in [7, 11) is 2.96. The van der Waals surface area contributed by atoms with Crippen molar-refractivity contribution in [1.82, 2.24) is 15.0 Å². The van der Waals surface area contributed by atoms with E-state index in [4.69, 9.17) is 4.74 Å². The fraction of sp³-hybridized carbons (Fsp3) is 0.571. The van der Waals surface area contributed by atoms with Gasteiger partial charge in [-0.1, -0.05) is 0 Å². The first-order valence-corrected chi connectivity index (χ1v) is 7.87. The fourth-order valence-electron chi connectivity index (χ4n) is 2.87. The van der Waals surface area contributed by atoms with Crippen LogP contribution in [-0.2, 0) is 9.53 Å². The van der Waals surface area contributed by atoms with Gasteiger partial charge in [0.2, 0.25) is 0 Å². The van der Waals surface area contributed by atoms with E-state index in [2.05, 4.69) is 38.0 Å². The monoisotopic (exact) mass is 370 g/mol. The molecule has 22 heavy (non-hydrogen) atoms. The molecule has 1 aromatic heterocycles. The molecule has 7 nitrogen and oxygen atoms in total. The molecular formula is C14H19BrN4O3. The number of aromatic nitrogens is 2. The Morgan fingerprint density at radius 1 is 1.41 bits per heavy atom. The molecule has 0 saturated heterocycles. The maximum Gasteiger partial charge on any atom is 0.308 e. The van der Waals surface area contributed by atoms with Crippen LogP contribution in [0.2, 0.25) is 0 Å². The van der Waals surface area contributed by atoms with E-state index in [0.29, 0.717) is 16.1 Å². The third-order valence-corrected chi connectivity index (χ3v) is 4.60. The highest BCUT2D eigenvalue weighted by Gasteiger charge is 2.32. The van der Waals surface area contributed by atoms with Gasteiger partial charge in [0, 0.05) is 19.7 Å². The quantitative estimate of drug-likeness (QED) is 0.647. The Hall–Kier alpha value is -1.70. The normalized spacial score (nSPS) is 21.2. The van der Waals surface area contributed by atoms with Gasteiger partial charge in [0.25, 0.3) is 5.91 Å². The highest BCUT2D eigenvalue weighted by Crippen LogP contribution is 2.37. The van der Waals surface area contributed by atoms with Crippen LogP contribution in [-0.4, -0.2) is 42.4 Å². The third-order valence-electron chi connectivity index (χ3n) is 4.05. The van der Waals surface area contributed by atoms with Crippen LogP contribution in [0.5, 0.6) is 0 Å². The van der Waals surface area contributed by atoms with Crippen molar-refractivity contribution < 1.29 is 14.3 Å². The average Bonchev–Trinajstić information content (AvgIpc) is 2.89. The van der Waals surface area contributed by atoms with E-state index in [0.717, 1.165) is 25.7 Å². The van der Waals surface area contributed by atoms with Gasteiger partial charge < -0.3 is 10.1 Å². The van der Waals surface area contributed by atoms with Crippen molar-refractivity contribution in [2.75, 3.05) is 14.2 Å². The highest BCUT2D eigenvalue weighted by atomic mass is 79.9. The van der Waals surface area contributed by atoms with Crippen LogP contribution in [0.15, 0.2) is 9.70 Å².